The number of benzene rings is 1. The standard InChI is InChI=1S/C12H13BrN2O3/c1-2-3-10(16)11(12(17)18)15-14-9-6-4-8(13)5-7-9/h4-7,11H,2-3H2,1H3,(H,17,18). The lowest BCUT2D eigenvalue weighted by Gasteiger charge is -2.03. The van der Waals surface area contributed by atoms with Crippen molar-refractivity contribution in [2.45, 2.75) is 25.8 Å². The molecular formula is C12H13BrN2O3. The van der Waals surface area contributed by atoms with Crippen LogP contribution in [0.25, 0.3) is 0 Å². The van der Waals surface area contributed by atoms with E-state index in [1.165, 1.54) is 0 Å². The quantitative estimate of drug-likeness (QED) is 0.646. The average Bonchev–Trinajstić information content (AvgIpc) is 2.31. The van der Waals surface area contributed by atoms with Crippen LogP contribution in [0.5, 0.6) is 0 Å². The second-order valence-electron chi connectivity index (χ2n) is 3.65. The number of carbonyl (C=O) groups excluding carboxylic acids is 1. The van der Waals surface area contributed by atoms with E-state index in [0.29, 0.717) is 12.1 Å². The zero-order valence-electron chi connectivity index (χ0n) is 9.84. The smallest absolute Gasteiger partial charge is 0.338 e. The number of halogens is 1. The first-order valence-corrected chi connectivity index (χ1v) is 6.26. The highest BCUT2D eigenvalue weighted by Gasteiger charge is 2.24. The third kappa shape index (κ3) is 4.37. The number of carboxylic acid groups (broad SMARTS) is 1. The van der Waals surface area contributed by atoms with Gasteiger partial charge in [0.25, 0.3) is 0 Å². The van der Waals surface area contributed by atoms with Crippen molar-refractivity contribution < 1.29 is 14.7 Å². The highest BCUT2D eigenvalue weighted by molar-refractivity contribution is 9.10. The summed E-state index contributed by atoms with van der Waals surface area (Å²) in [6.45, 7) is 1.81. The van der Waals surface area contributed by atoms with Gasteiger partial charge >= 0.3 is 5.97 Å². The van der Waals surface area contributed by atoms with Crippen LogP contribution < -0.4 is 0 Å². The maximum absolute atomic E-state index is 11.5. The molecule has 0 aliphatic rings. The van der Waals surface area contributed by atoms with Crippen LogP contribution in [0.2, 0.25) is 0 Å². The molecule has 5 nitrogen and oxygen atoms in total. The minimum absolute atomic E-state index is 0.191. The highest BCUT2D eigenvalue weighted by atomic mass is 79.9. The molecule has 1 unspecified atom stereocenters. The van der Waals surface area contributed by atoms with E-state index < -0.39 is 17.8 Å². The van der Waals surface area contributed by atoms with Crippen LogP contribution in [-0.2, 0) is 9.59 Å². The predicted molar refractivity (Wildman–Crippen MR) is 70.0 cm³/mol. The molecule has 0 spiro atoms. The van der Waals surface area contributed by atoms with Gasteiger partial charge in [-0.1, -0.05) is 22.9 Å². The van der Waals surface area contributed by atoms with Crippen LogP contribution in [0.4, 0.5) is 5.69 Å². The van der Waals surface area contributed by atoms with Crippen molar-refractivity contribution in [3.8, 4) is 0 Å². The van der Waals surface area contributed by atoms with Crippen LogP contribution >= 0.6 is 15.9 Å². The highest BCUT2D eigenvalue weighted by Crippen LogP contribution is 2.17. The summed E-state index contributed by atoms with van der Waals surface area (Å²) in [4.78, 5) is 22.4. The molecule has 1 aromatic rings. The Balaban J connectivity index is 2.80. The average molecular weight is 313 g/mol. The number of carboxylic acids is 1. The SMILES string of the molecule is CCCC(=O)C(N=Nc1ccc(Br)cc1)C(=O)O. The molecule has 96 valence electrons. The Bertz CT molecular complexity index is 457. The molecule has 1 aromatic carbocycles. The van der Waals surface area contributed by atoms with Crippen molar-refractivity contribution in [2.75, 3.05) is 0 Å². The Morgan fingerprint density at radius 2 is 1.94 bits per heavy atom. The fourth-order valence-electron chi connectivity index (χ4n) is 1.27. The number of carbonyl (C=O) groups is 2. The van der Waals surface area contributed by atoms with Crippen LogP contribution in [0.1, 0.15) is 19.8 Å². The van der Waals surface area contributed by atoms with Crippen molar-refractivity contribution in [1.29, 1.82) is 0 Å². The van der Waals surface area contributed by atoms with E-state index in [4.69, 9.17) is 5.11 Å². The van der Waals surface area contributed by atoms with Gasteiger partial charge in [-0.15, -0.1) is 0 Å². The van der Waals surface area contributed by atoms with E-state index in [2.05, 4.69) is 26.2 Å². The molecule has 0 radical (unpaired) electrons. The van der Waals surface area contributed by atoms with Crippen LogP contribution in [-0.4, -0.2) is 22.9 Å². The molecule has 1 rings (SSSR count). The summed E-state index contributed by atoms with van der Waals surface area (Å²) in [7, 11) is 0. The van der Waals surface area contributed by atoms with Gasteiger partial charge in [0.05, 0.1) is 5.69 Å². The van der Waals surface area contributed by atoms with Gasteiger partial charge in [0.1, 0.15) is 0 Å². The lowest BCUT2D eigenvalue weighted by Crippen LogP contribution is -2.27. The first kappa shape index (κ1) is 14.5. The molecule has 0 amide bonds. The number of aliphatic carboxylic acids is 1. The van der Waals surface area contributed by atoms with Gasteiger partial charge in [0.2, 0.25) is 6.04 Å². The van der Waals surface area contributed by atoms with Gasteiger partial charge in [0, 0.05) is 10.9 Å². The molecule has 0 saturated heterocycles. The molecule has 6 heteroatoms. The monoisotopic (exact) mass is 312 g/mol. The van der Waals surface area contributed by atoms with E-state index in [9.17, 15) is 9.59 Å². The Morgan fingerprint density at radius 3 is 2.44 bits per heavy atom. The van der Waals surface area contributed by atoms with E-state index in [1.807, 2.05) is 6.92 Å². The van der Waals surface area contributed by atoms with E-state index >= 15 is 0 Å². The van der Waals surface area contributed by atoms with Crippen LogP contribution in [0.15, 0.2) is 39.0 Å². The number of nitrogens with zero attached hydrogens (tertiary/aromatic N) is 2. The first-order valence-electron chi connectivity index (χ1n) is 5.46. The number of azo groups is 1. The number of hydrogen-bond acceptors (Lipinski definition) is 4. The maximum atomic E-state index is 11.5. The minimum Gasteiger partial charge on any atom is -0.479 e. The molecule has 0 bridgehead atoms. The molecular weight excluding hydrogens is 300 g/mol. The van der Waals surface area contributed by atoms with Crippen molar-refractivity contribution in [1.82, 2.24) is 0 Å². The van der Waals surface area contributed by atoms with E-state index in [0.717, 1.165) is 4.47 Å². The van der Waals surface area contributed by atoms with Crippen LogP contribution in [0.3, 0.4) is 0 Å². The minimum atomic E-state index is -1.41. The van der Waals surface area contributed by atoms with E-state index in [1.54, 1.807) is 24.3 Å². The molecule has 0 fully saturated rings. The third-order valence-electron chi connectivity index (χ3n) is 2.15. The number of ketones is 1. The number of rotatable bonds is 6. The maximum Gasteiger partial charge on any atom is 0.338 e. The fourth-order valence-corrected chi connectivity index (χ4v) is 1.53. The zero-order valence-corrected chi connectivity index (χ0v) is 11.4. The lowest BCUT2D eigenvalue weighted by atomic mass is 10.1. The Hall–Kier alpha value is -1.56. The summed E-state index contributed by atoms with van der Waals surface area (Å²) < 4.78 is 0.887. The normalized spacial score (nSPS) is 12.6. The fraction of sp³-hybridized carbons (Fsp3) is 0.333. The Kier molecular flexibility index (Phi) is 5.64. The first-order chi connectivity index (χ1) is 8.54. The Labute approximate surface area is 113 Å². The summed E-state index contributed by atoms with van der Waals surface area (Å²) in [6.07, 6.45) is 0.784. The predicted octanol–water partition coefficient (Wildman–Crippen LogP) is 3.36. The third-order valence-corrected chi connectivity index (χ3v) is 2.68. The zero-order chi connectivity index (χ0) is 13.5. The molecule has 0 heterocycles. The molecule has 1 N–H and O–H groups in total. The largest absolute Gasteiger partial charge is 0.479 e. The summed E-state index contributed by atoms with van der Waals surface area (Å²) in [5, 5.41) is 16.3. The summed E-state index contributed by atoms with van der Waals surface area (Å²) in [6, 6.07) is 5.47. The summed E-state index contributed by atoms with van der Waals surface area (Å²) >= 11 is 3.27. The number of Topliss-reactive ketones (excluding diaryl/α,β-unsaturated/α-hetero) is 1. The van der Waals surface area contributed by atoms with Crippen molar-refractivity contribution >= 4 is 33.4 Å². The van der Waals surface area contributed by atoms with Gasteiger partial charge in [-0.05, 0) is 30.7 Å². The van der Waals surface area contributed by atoms with Gasteiger partial charge in [-0.25, -0.2) is 4.79 Å². The van der Waals surface area contributed by atoms with Crippen molar-refractivity contribution in [3.63, 3.8) is 0 Å². The van der Waals surface area contributed by atoms with Crippen LogP contribution in [0, 0.1) is 0 Å². The lowest BCUT2D eigenvalue weighted by molar-refractivity contribution is -0.142. The van der Waals surface area contributed by atoms with Gasteiger partial charge in [-0.3, -0.25) is 4.79 Å². The van der Waals surface area contributed by atoms with E-state index in [-0.39, 0.29) is 6.42 Å². The summed E-state index contributed by atoms with van der Waals surface area (Å²) in [5.41, 5.74) is 0.508. The molecule has 18 heavy (non-hydrogen) atoms. The Morgan fingerprint density at radius 1 is 1.33 bits per heavy atom. The van der Waals surface area contributed by atoms with Gasteiger partial charge in [-0.2, -0.15) is 10.2 Å². The molecule has 1 atom stereocenters. The molecule has 0 aliphatic carbocycles. The topological polar surface area (TPSA) is 79.1 Å². The molecule has 0 aromatic heterocycles. The second kappa shape index (κ2) is 7.00. The molecule has 0 aliphatic heterocycles. The van der Waals surface area contributed by atoms with Crippen molar-refractivity contribution in [2.24, 2.45) is 10.2 Å². The molecule has 0 saturated carbocycles. The summed E-state index contributed by atoms with van der Waals surface area (Å²) in [5.74, 6) is -1.69. The number of hydrogen-bond donors (Lipinski definition) is 1. The second-order valence-corrected chi connectivity index (χ2v) is 4.56. The van der Waals surface area contributed by atoms with Gasteiger partial charge < -0.3 is 5.11 Å². The van der Waals surface area contributed by atoms with Crippen molar-refractivity contribution in [3.05, 3.63) is 28.7 Å². The van der Waals surface area contributed by atoms with Gasteiger partial charge in [0.15, 0.2) is 5.78 Å².